The van der Waals surface area contributed by atoms with Gasteiger partial charge in [-0.2, -0.15) is 0 Å². The molecule has 34 heteroatoms. The standard InChI is InChI=1S/2Ca.7O3Si.2H2O.2V/c;;7*1-4(2)3;;;;/h;;;;;;;;;2*1H2;;/q2*+2;7*-2;;;;. The third kappa shape index (κ3) is 39100. The summed E-state index contributed by atoms with van der Waals surface area (Å²) in [5.41, 5.74) is 0. The molecule has 0 atom stereocenters. The van der Waals surface area contributed by atoms with Gasteiger partial charge in [0.05, 0.1) is 0 Å². The first-order valence-electron chi connectivity index (χ1n) is 4.29. The summed E-state index contributed by atoms with van der Waals surface area (Å²) in [6.07, 6.45) is 0. The third-order valence-corrected chi connectivity index (χ3v) is 0. The van der Waals surface area contributed by atoms with Crippen LogP contribution in [0.15, 0.2) is 0 Å². The Morgan fingerprint density at radius 1 is 0.265 bits per heavy atom. The molecule has 2 radical (unpaired) electrons. The molecule has 0 aliphatic carbocycles. The molecule has 0 aromatic carbocycles. The Morgan fingerprint density at radius 2 is 0.265 bits per heavy atom. The molecule has 0 heterocycles. The van der Waals surface area contributed by atoms with E-state index in [2.05, 4.69) is 0 Å². The van der Waals surface area contributed by atoms with Crippen molar-refractivity contribution in [3.63, 3.8) is 0 Å². The van der Waals surface area contributed by atoms with E-state index in [1.165, 1.54) is 0 Å². The molecule has 0 bridgehead atoms. The quantitative estimate of drug-likeness (QED) is 0.207. The zero-order valence-corrected chi connectivity index (χ0v) is 29.6. The van der Waals surface area contributed by atoms with Gasteiger partial charge in [-0.05, 0) is 0 Å². The van der Waals surface area contributed by atoms with Gasteiger partial charge in [-0.15, -0.1) is 0 Å². The number of rotatable bonds is 0. The van der Waals surface area contributed by atoms with Gasteiger partial charge in [-0.3, -0.25) is 0 Å². The molecule has 0 fully saturated rings. The predicted octanol–water partition coefficient (Wildman–Crippen LogP) is -22.6. The maximum atomic E-state index is 8.52. The van der Waals surface area contributed by atoms with Crippen LogP contribution in [-0.4, -0.2) is 151 Å². The van der Waals surface area contributed by atoms with Gasteiger partial charge < -0.3 is 109 Å². The molecule has 0 saturated heterocycles. The number of hydrogen-bond donors (Lipinski definition) is 0. The van der Waals surface area contributed by atoms with E-state index in [0.717, 1.165) is 0 Å². The van der Waals surface area contributed by atoms with E-state index in [4.69, 9.17) is 98.4 Å². The van der Waals surface area contributed by atoms with E-state index in [-0.39, 0.29) is 124 Å². The predicted molar refractivity (Wildman–Crippen MR) is 63.8 cm³/mol. The van der Waals surface area contributed by atoms with Crippen LogP contribution in [0.1, 0.15) is 0 Å². The molecule has 0 spiro atoms. The van der Waals surface area contributed by atoms with Gasteiger partial charge in [0.15, 0.2) is 0 Å². The smallest absolute Gasteiger partial charge is 0.672 e. The van der Waals surface area contributed by atoms with Gasteiger partial charge in [0.25, 0.3) is 0 Å². The first-order chi connectivity index (χ1) is 12.1. The van der Waals surface area contributed by atoms with Gasteiger partial charge in [0.1, 0.15) is 0 Å². The van der Waals surface area contributed by atoms with E-state index < -0.39 is 64.2 Å². The van der Waals surface area contributed by atoms with Crippen molar-refractivity contribution in [1.29, 1.82) is 0 Å². The van der Waals surface area contributed by atoms with E-state index in [1.807, 2.05) is 0 Å². The zero-order valence-electron chi connectivity index (χ0n) is 15.4. The molecule has 0 rings (SSSR count). The molecule has 0 aliphatic rings. The second kappa shape index (κ2) is 76.5. The van der Waals surface area contributed by atoms with Crippen molar-refractivity contribution < 1.29 is 146 Å². The van der Waals surface area contributed by atoms with Crippen LogP contribution in [0.2, 0.25) is 0 Å². The third-order valence-electron chi connectivity index (χ3n) is 0. The fraction of sp³-hybridized carbons (Fsp3) is 0. The SMILES string of the molecule is O.O.O=[Si]([O-])[O-].O=[Si]([O-])[O-].O=[Si]([O-])[O-].O=[Si]([O-])[O-].O=[Si]([O-])[O-].O=[Si]([O-])[O-].O=[Si]([O-])[O-].[Ca+2].[Ca+2].[V].[V]. The van der Waals surface area contributed by atoms with Crippen LogP contribution in [0, 0.1) is 0 Å². The van der Waals surface area contributed by atoms with Crippen molar-refractivity contribution in [3.05, 3.63) is 0 Å². The van der Waals surface area contributed by atoms with Crippen molar-refractivity contribution in [2.75, 3.05) is 0 Å². The van der Waals surface area contributed by atoms with Gasteiger partial charge >= 0.3 is 75.5 Å². The van der Waals surface area contributed by atoms with Crippen molar-refractivity contribution in [3.8, 4) is 0 Å². The Labute approximate surface area is 282 Å². The average molecular weight is 751 g/mol. The van der Waals surface area contributed by atoms with Crippen LogP contribution in [0.25, 0.3) is 0 Å². The Morgan fingerprint density at radius 3 is 0.265 bits per heavy atom. The molecule has 194 valence electrons. The fourth-order valence-electron chi connectivity index (χ4n) is 0. The Kier molecular flexibility index (Phi) is 188. The molecule has 0 aliphatic heterocycles. The summed E-state index contributed by atoms with van der Waals surface area (Å²) in [5, 5.41) is 0. The molecule has 4 N–H and O–H groups in total. The average Bonchev–Trinajstić information content (AvgIpc) is 2.20. The van der Waals surface area contributed by atoms with Crippen molar-refractivity contribution in [2.24, 2.45) is 0 Å². The number of hydrogen-bond acceptors (Lipinski definition) is 21. The molecule has 0 unspecified atom stereocenters. The van der Waals surface area contributed by atoms with Crippen LogP contribution in [0.5, 0.6) is 0 Å². The van der Waals surface area contributed by atoms with E-state index in [0.29, 0.717) is 0 Å². The van der Waals surface area contributed by atoms with Crippen LogP contribution in [-0.2, 0) is 68.3 Å². The Balaban J connectivity index is -0.0000000134. The molecular weight excluding hydrogens is 747 g/mol. The maximum absolute atomic E-state index is 8.52. The normalized spacial score (nSPS) is 4.94. The Hall–Kier alpha value is 0.926. The summed E-state index contributed by atoms with van der Waals surface area (Å²) in [4.78, 5) is 119. The molecular formula is H4Ca2O23Si7V2-10. The van der Waals surface area contributed by atoms with E-state index in [1.54, 1.807) is 0 Å². The van der Waals surface area contributed by atoms with Gasteiger partial charge in [0.2, 0.25) is 0 Å². The van der Waals surface area contributed by atoms with Crippen LogP contribution < -0.4 is 67.1 Å². The molecule has 23 nitrogen and oxygen atoms in total. The zero-order chi connectivity index (χ0) is 25.0. The minimum Gasteiger partial charge on any atom is -0.672 e. The van der Waals surface area contributed by atoms with Gasteiger partial charge in [0, 0.05) is 101 Å². The molecule has 34 heavy (non-hydrogen) atoms. The first-order valence-corrected chi connectivity index (χ1v) is 12.9. The van der Waals surface area contributed by atoms with Crippen molar-refractivity contribution >= 4 is 140 Å². The molecule has 0 saturated carbocycles. The first kappa shape index (κ1) is 83.6. The summed E-state index contributed by atoms with van der Waals surface area (Å²) in [6, 6.07) is 0. The monoisotopic (exact) mass is 750 g/mol. The minimum atomic E-state index is -3.63. The fourth-order valence-corrected chi connectivity index (χ4v) is 0. The molecule has 0 amide bonds. The van der Waals surface area contributed by atoms with Crippen molar-refractivity contribution in [2.45, 2.75) is 0 Å². The second-order valence-corrected chi connectivity index (χ2v) is 5.25. The van der Waals surface area contributed by atoms with Gasteiger partial charge in [-0.1, -0.05) is 0 Å². The topological polar surface area (TPSA) is 505 Å². The maximum Gasteiger partial charge on any atom is 2.00 e. The van der Waals surface area contributed by atoms with Crippen molar-refractivity contribution in [1.82, 2.24) is 0 Å². The minimum absolute atomic E-state index is 0. The summed E-state index contributed by atoms with van der Waals surface area (Å²) in [5.74, 6) is 0. The summed E-state index contributed by atoms with van der Waals surface area (Å²) in [7, 11) is -25.4. The largest absolute Gasteiger partial charge is 2.00 e. The van der Waals surface area contributed by atoms with E-state index >= 15 is 0 Å². The molecule has 0 aromatic rings. The van der Waals surface area contributed by atoms with Crippen LogP contribution in [0.4, 0.5) is 0 Å². The van der Waals surface area contributed by atoms with Crippen LogP contribution in [0.3, 0.4) is 0 Å². The summed E-state index contributed by atoms with van der Waals surface area (Å²) in [6.45, 7) is 0. The summed E-state index contributed by atoms with van der Waals surface area (Å²) >= 11 is 0. The van der Waals surface area contributed by atoms with Gasteiger partial charge in [-0.25, -0.2) is 0 Å². The Bertz CT molecular complexity index is 324. The van der Waals surface area contributed by atoms with Crippen LogP contribution >= 0.6 is 0 Å². The molecule has 0 aromatic heterocycles. The summed E-state index contributed by atoms with van der Waals surface area (Å²) < 4.78 is 59.6. The van der Waals surface area contributed by atoms with E-state index in [9.17, 15) is 0 Å². The second-order valence-electron chi connectivity index (χ2n) is 1.75.